The molecule has 76 valence electrons. The molecule has 0 bridgehead atoms. The van der Waals surface area contributed by atoms with Crippen molar-refractivity contribution in [2.75, 3.05) is 0 Å². The van der Waals surface area contributed by atoms with E-state index in [9.17, 15) is 9.59 Å². The topological polar surface area (TPSA) is 34.1 Å². The highest BCUT2D eigenvalue weighted by Crippen LogP contribution is 1.99. The first kappa shape index (κ1) is 12.6. The van der Waals surface area contributed by atoms with Gasteiger partial charge in [-0.1, -0.05) is 35.4 Å². The van der Waals surface area contributed by atoms with Gasteiger partial charge in [-0.15, -0.1) is 0 Å². The maximum atomic E-state index is 9.40. The van der Waals surface area contributed by atoms with Crippen LogP contribution in [0.4, 0.5) is 0 Å². The van der Waals surface area contributed by atoms with Gasteiger partial charge in [0.15, 0.2) is 0 Å². The molecule has 0 aliphatic carbocycles. The first-order chi connectivity index (χ1) is 6.70. The fourth-order valence-corrected chi connectivity index (χ4v) is 0.773. The minimum Gasteiger partial charge on any atom is -0.303 e. The molecular weight excluding hydrogens is 176 g/mol. The highest BCUT2D eigenvalue weighted by Gasteiger charge is 1.79. The average Bonchev–Trinajstić information content (AvgIpc) is 2.20. The van der Waals surface area contributed by atoms with Gasteiger partial charge in [-0.25, -0.2) is 0 Å². The van der Waals surface area contributed by atoms with Gasteiger partial charge >= 0.3 is 0 Å². The Balaban J connectivity index is 0.000000255. The molecule has 0 radical (unpaired) electrons. The molecule has 0 aliphatic rings. The first-order valence-corrected chi connectivity index (χ1v) is 4.61. The standard InChI is InChI=1S/C8H10.C4H6O2/c1-7-3-5-8(2)6-4-7;5-3-1-2-4-6/h3-6H,1-2H3;3-4H,1-2H2. The third kappa shape index (κ3) is 7.22. The lowest BCUT2D eigenvalue weighted by atomic mass is 10.2. The second-order valence-electron chi connectivity index (χ2n) is 3.07. The fraction of sp³-hybridized carbons (Fsp3) is 0.333. The van der Waals surface area contributed by atoms with E-state index in [1.807, 2.05) is 0 Å². The summed E-state index contributed by atoms with van der Waals surface area (Å²) in [5.74, 6) is 0. The van der Waals surface area contributed by atoms with Crippen molar-refractivity contribution in [3.05, 3.63) is 35.4 Å². The third-order valence-electron chi connectivity index (χ3n) is 1.62. The zero-order chi connectivity index (χ0) is 10.8. The van der Waals surface area contributed by atoms with E-state index < -0.39 is 0 Å². The van der Waals surface area contributed by atoms with Crippen molar-refractivity contribution in [2.24, 2.45) is 0 Å². The van der Waals surface area contributed by atoms with Gasteiger partial charge in [-0.3, -0.25) is 0 Å². The molecule has 1 rings (SSSR count). The molecule has 1 aromatic rings. The second kappa shape index (κ2) is 8.17. The number of carbonyl (C=O) groups excluding carboxylic acids is 2. The largest absolute Gasteiger partial charge is 0.303 e. The Hall–Kier alpha value is -1.44. The van der Waals surface area contributed by atoms with Crippen LogP contribution in [0.1, 0.15) is 24.0 Å². The third-order valence-corrected chi connectivity index (χ3v) is 1.62. The van der Waals surface area contributed by atoms with Crippen molar-refractivity contribution in [3.8, 4) is 0 Å². The summed E-state index contributed by atoms with van der Waals surface area (Å²) in [5, 5.41) is 0. The lowest BCUT2D eigenvalue weighted by molar-refractivity contribution is -0.112. The summed E-state index contributed by atoms with van der Waals surface area (Å²) in [6.45, 7) is 4.19. The monoisotopic (exact) mass is 192 g/mol. The molecule has 0 saturated carbocycles. The first-order valence-electron chi connectivity index (χ1n) is 4.61. The SMILES string of the molecule is Cc1ccc(C)cc1.O=CCCC=O. The van der Waals surface area contributed by atoms with E-state index in [0.717, 1.165) is 12.6 Å². The molecule has 0 spiro atoms. The van der Waals surface area contributed by atoms with Crippen LogP contribution in [0.5, 0.6) is 0 Å². The average molecular weight is 192 g/mol. The van der Waals surface area contributed by atoms with Gasteiger partial charge in [0.1, 0.15) is 12.6 Å². The molecule has 0 heterocycles. The molecule has 0 aliphatic heterocycles. The second-order valence-corrected chi connectivity index (χ2v) is 3.07. The van der Waals surface area contributed by atoms with Gasteiger partial charge in [0, 0.05) is 12.8 Å². The Morgan fingerprint density at radius 3 is 1.36 bits per heavy atom. The van der Waals surface area contributed by atoms with Crippen molar-refractivity contribution in [1.29, 1.82) is 0 Å². The molecule has 2 heteroatoms. The lowest BCUT2D eigenvalue weighted by Crippen LogP contribution is -1.73. The van der Waals surface area contributed by atoms with Crippen molar-refractivity contribution in [1.82, 2.24) is 0 Å². The summed E-state index contributed by atoms with van der Waals surface area (Å²) in [4.78, 5) is 18.8. The lowest BCUT2D eigenvalue weighted by Gasteiger charge is -1.90. The number of unbranched alkanes of at least 4 members (excludes halogenated alkanes) is 1. The summed E-state index contributed by atoms with van der Waals surface area (Å²) in [5.41, 5.74) is 2.66. The van der Waals surface area contributed by atoms with Crippen molar-refractivity contribution >= 4 is 12.6 Å². The van der Waals surface area contributed by atoms with Gasteiger partial charge in [0.05, 0.1) is 0 Å². The van der Waals surface area contributed by atoms with Gasteiger partial charge in [0.2, 0.25) is 0 Å². The van der Waals surface area contributed by atoms with Gasteiger partial charge in [0.25, 0.3) is 0 Å². The molecule has 0 unspecified atom stereocenters. The Morgan fingerprint density at radius 1 is 0.857 bits per heavy atom. The van der Waals surface area contributed by atoms with Crippen LogP contribution in [-0.4, -0.2) is 12.6 Å². The maximum Gasteiger partial charge on any atom is 0.120 e. The van der Waals surface area contributed by atoms with Crippen LogP contribution in [0.2, 0.25) is 0 Å². The van der Waals surface area contributed by atoms with Crippen LogP contribution in [-0.2, 0) is 9.59 Å². The van der Waals surface area contributed by atoms with Crippen LogP contribution in [0.25, 0.3) is 0 Å². The minimum absolute atomic E-state index is 0.365. The summed E-state index contributed by atoms with van der Waals surface area (Å²) >= 11 is 0. The number of aryl methyl sites for hydroxylation is 2. The Kier molecular flexibility index (Phi) is 7.33. The molecule has 1 aromatic carbocycles. The minimum atomic E-state index is 0.365. The van der Waals surface area contributed by atoms with E-state index in [-0.39, 0.29) is 0 Å². The van der Waals surface area contributed by atoms with Crippen LogP contribution < -0.4 is 0 Å². The number of benzene rings is 1. The van der Waals surface area contributed by atoms with E-state index in [2.05, 4.69) is 38.1 Å². The van der Waals surface area contributed by atoms with E-state index >= 15 is 0 Å². The van der Waals surface area contributed by atoms with Gasteiger partial charge < -0.3 is 9.59 Å². The van der Waals surface area contributed by atoms with E-state index in [0.29, 0.717) is 12.8 Å². The van der Waals surface area contributed by atoms with Crippen molar-refractivity contribution in [2.45, 2.75) is 26.7 Å². The van der Waals surface area contributed by atoms with Gasteiger partial charge in [-0.05, 0) is 13.8 Å². The summed E-state index contributed by atoms with van der Waals surface area (Å²) < 4.78 is 0. The fourth-order valence-electron chi connectivity index (χ4n) is 0.773. The molecule has 0 N–H and O–H groups in total. The van der Waals surface area contributed by atoms with Crippen LogP contribution in [0, 0.1) is 13.8 Å². The smallest absolute Gasteiger partial charge is 0.120 e. The van der Waals surface area contributed by atoms with Crippen LogP contribution in [0.3, 0.4) is 0 Å². The Morgan fingerprint density at radius 2 is 1.14 bits per heavy atom. The predicted octanol–water partition coefficient (Wildman–Crippen LogP) is 2.47. The van der Waals surface area contributed by atoms with Crippen molar-refractivity contribution in [3.63, 3.8) is 0 Å². The zero-order valence-electron chi connectivity index (χ0n) is 8.69. The number of hydrogen-bond donors (Lipinski definition) is 0. The summed E-state index contributed by atoms with van der Waals surface area (Å²) in [6, 6.07) is 8.48. The molecule has 0 atom stereocenters. The number of hydrogen-bond acceptors (Lipinski definition) is 2. The Labute approximate surface area is 84.9 Å². The molecule has 0 aromatic heterocycles. The number of rotatable bonds is 3. The number of carbonyl (C=O) groups is 2. The molecule has 14 heavy (non-hydrogen) atoms. The van der Waals surface area contributed by atoms with E-state index in [1.165, 1.54) is 11.1 Å². The van der Waals surface area contributed by atoms with E-state index in [4.69, 9.17) is 0 Å². The summed E-state index contributed by atoms with van der Waals surface area (Å²) in [7, 11) is 0. The van der Waals surface area contributed by atoms with E-state index in [1.54, 1.807) is 0 Å². The molecule has 0 amide bonds. The summed E-state index contributed by atoms with van der Waals surface area (Å²) in [6.07, 6.45) is 2.19. The van der Waals surface area contributed by atoms with Gasteiger partial charge in [-0.2, -0.15) is 0 Å². The molecule has 0 saturated heterocycles. The highest BCUT2D eigenvalue weighted by atomic mass is 16.1. The normalized spacial score (nSPS) is 8.43. The van der Waals surface area contributed by atoms with Crippen LogP contribution >= 0.6 is 0 Å². The molecule has 2 nitrogen and oxygen atoms in total. The zero-order valence-corrected chi connectivity index (χ0v) is 8.69. The quantitative estimate of drug-likeness (QED) is 0.544. The molecule has 0 fully saturated rings. The highest BCUT2D eigenvalue weighted by molar-refractivity contribution is 5.58. The van der Waals surface area contributed by atoms with Crippen molar-refractivity contribution < 1.29 is 9.59 Å². The molecular formula is C12H16O2. The van der Waals surface area contributed by atoms with Crippen LogP contribution in [0.15, 0.2) is 24.3 Å². The predicted molar refractivity (Wildman–Crippen MR) is 57.3 cm³/mol. The maximum absolute atomic E-state index is 9.40. The number of aldehydes is 2. The Bertz CT molecular complexity index is 233.